The van der Waals surface area contributed by atoms with Crippen molar-refractivity contribution >= 4 is 35.2 Å². The van der Waals surface area contributed by atoms with Crippen molar-refractivity contribution in [1.29, 1.82) is 5.26 Å². The summed E-state index contributed by atoms with van der Waals surface area (Å²) >= 11 is 6.36. The Bertz CT molecular complexity index is 349. The number of ether oxygens (including phenoxy) is 1. The van der Waals surface area contributed by atoms with Gasteiger partial charge in [-0.15, -0.1) is 23.4 Å². The normalized spacial score (nSPS) is 11.1. The van der Waals surface area contributed by atoms with E-state index in [-0.39, 0.29) is 23.1 Å². The third kappa shape index (κ3) is 4.55. The summed E-state index contributed by atoms with van der Waals surface area (Å²) in [5.74, 6) is -1.49. The molecule has 0 saturated heterocycles. The Morgan fingerprint density at radius 1 is 1.56 bits per heavy atom. The molecule has 0 fully saturated rings. The number of alkyl halides is 1. The molecular formula is C9H11ClN2O3S. The van der Waals surface area contributed by atoms with Gasteiger partial charge in [-0.05, 0) is 13.2 Å². The molecule has 0 aromatic heterocycles. The van der Waals surface area contributed by atoms with Crippen LogP contribution in [0.5, 0.6) is 0 Å². The summed E-state index contributed by atoms with van der Waals surface area (Å²) in [6, 6.07) is 1.69. The fourth-order valence-electron chi connectivity index (χ4n) is 0.768. The zero-order chi connectivity index (χ0) is 12.6. The molecule has 88 valence electrons. The van der Waals surface area contributed by atoms with Gasteiger partial charge in [0.2, 0.25) is 5.91 Å². The number of thioether (sulfide) groups is 1. The van der Waals surface area contributed by atoms with Crippen molar-refractivity contribution in [2.45, 2.75) is 6.92 Å². The molecule has 0 unspecified atom stereocenters. The molecule has 0 aliphatic carbocycles. The van der Waals surface area contributed by atoms with Gasteiger partial charge in [0.1, 0.15) is 17.0 Å². The number of carbonyl (C=O) groups is 2. The largest absolute Gasteiger partial charge is 0.462 e. The molecule has 7 heteroatoms. The highest BCUT2D eigenvalue weighted by Gasteiger charge is 2.17. The Balaban J connectivity index is 4.99. The van der Waals surface area contributed by atoms with Crippen molar-refractivity contribution in [2.24, 2.45) is 0 Å². The Labute approximate surface area is 103 Å². The minimum absolute atomic E-state index is 0.145. The minimum atomic E-state index is -0.760. The molecule has 0 aliphatic heterocycles. The van der Waals surface area contributed by atoms with Crippen LogP contribution in [-0.2, 0) is 14.3 Å². The van der Waals surface area contributed by atoms with Crippen LogP contribution in [0.3, 0.4) is 0 Å². The average molecular weight is 263 g/mol. The van der Waals surface area contributed by atoms with Crippen molar-refractivity contribution < 1.29 is 14.3 Å². The van der Waals surface area contributed by atoms with E-state index in [1.54, 1.807) is 19.2 Å². The monoisotopic (exact) mass is 262 g/mol. The maximum absolute atomic E-state index is 11.3. The van der Waals surface area contributed by atoms with Crippen molar-refractivity contribution in [3.05, 3.63) is 10.6 Å². The van der Waals surface area contributed by atoms with Gasteiger partial charge in [-0.2, -0.15) is 5.26 Å². The molecule has 0 aromatic rings. The lowest BCUT2D eigenvalue weighted by Gasteiger charge is -2.07. The summed E-state index contributed by atoms with van der Waals surface area (Å²) in [5.41, 5.74) is -0.229. The van der Waals surface area contributed by atoms with Gasteiger partial charge in [-0.3, -0.25) is 4.79 Å². The Hall–Kier alpha value is -1.19. The number of nitriles is 1. The van der Waals surface area contributed by atoms with E-state index in [2.05, 4.69) is 10.1 Å². The fraction of sp³-hybridized carbons (Fsp3) is 0.444. The molecule has 16 heavy (non-hydrogen) atoms. The lowest BCUT2D eigenvalue weighted by molar-refractivity contribution is -0.138. The first-order valence-corrected chi connectivity index (χ1v) is 6.07. The molecule has 1 N–H and O–H groups in total. The van der Waals surface area contributed by atoms with E-state index >= 15 is 0 Å². The molecule has 0 rings (SSSR count). The highest BCUT2D eigenvalue weighted by Crippen LogP contribution is 2.14. The van der Waals surface area contributed by atoms with Crippen LogP contribution >= 0.6 is 23.4 Å². The van der Waals surface area contributed by atoms with E-state index in [9.17, 15) is 9.59 Å². The summed E-state index contributed by atoms with van der Waals surface area (Å²) in [6.45, 7) is 1.79. The first kappa shape index (κ1) is 14.8. The summed E-state index contributed by atoms with van der Waals surface area (Å²) < 4.78 is 4.68. The van der Waals surface area contributed by atoms with Crippen LogP contribution in [0.1, 0.15) is 6.92 Å². The number of hydrogen-bond acceptors (Lipinski definition) is 5. The lowest BCUT2D eigenvalue weighted by atomic mass is 10.3. The SMILES string of the molecule is CCOC(=O)/C(C#N)=C(/NC(=O)CCl)SC. The van der Waals surface area contributed by atoms with Gasteiger partial charge in [0, 0.05) is 0 Å². The number of esters is 1. The molecule has 0 heterocycles. The predicted octanol–water partition coefficient (Wildman–Crippen LogP) is 1.00. The molecule has 5 nitrogen and oxygen atoms in total. The van der Waals surface area contributed by atoms with E-state index in [0.29, 0.717) is 0 Å². The van der Waals surface area contributed by atoms with Gasteiger partial charge in [0.05, 0.1) is 6.61 Å². The van der Waals surface area contributed by atoms with Crippen LogP contribution in [0.15, 0.2) is 10.6 Å². The van der Waals surface area contributed by atoms with Crippen molar-refractivity contribution in [3.8, 4) is 6.07 Å². The van der Waals surface area contributed by atoms with Crippen LogP contribution in [0.4, 0.5) is 0 Å². The second-order valence-electron chi connectivity index (χ2n) is 2.42. The number of halogens is 1. The third-order valence-electron chi connectivity index (χ3n) is 1.40. The Kier molecular flexibility index (Phi) is 7.42. The minimum Gasteiger partial charge on any atom is -0.462 e. The predicted molar refractivity (Wildman–Crippen MR) is 61.6 cm³/mol. The second kappa shape index (κ2) is 8.02. The zero-order valence-corrected chi connectivity index (χ0v) is 10.4. The summed E-state index contributed by atoms with van der Waals surface area (Å²) in [4.78, 5) is 22.4. The second-order valence-corrected chi connectivity index (χ2v) is 3.51. The van der Waals surface area contributed by atoms with Crippen molar-refractivity contribution in [2.75, 3.05) is 18.7 Å². The van der Waals surface area contributed by atoms with E-state index in [1.165, 1.54) is 0 Å². The first-order valence-electron chi connectivity index (χ1n) is 4.31. The maximum atomic E-state index is 11.3. The number of carbonyl (C=O) groups excluding carboxylic acids is 2. The Morgan fingerprint density at radius 3 is 2.56 bits per heavy atom. The standard InChI is InChI=1S/C9H11ClN2O3S/c1-3-15-9(14)6(5-11)8(16-2)12-7(13)4-10/h3-4H2,1-2H3,(H,12,13)/b8-6-. The quantitative estimate of drug-likeness (QED) is 0.346. The topological polar surface area (TPSA) is 79.2 Å². The number of nitrogens with zero attached hydrogens (tertiary/aromatic N) is 1. The summed E-state index contributed by atoms with van der Waals surface area (Å²) in [6.07, 6.45) is 1.63. The van der Waals surface area contributed by atoms with Crippen LogP contribution in [0.25, 0.3) is 0 Å². The summed E-state index contributed by atoms with van der Waals surface area (Å²) in [5, 5.41) is 11.3. The van der Waals surface area contributed by atoms with Crippen molar-refractivity contribution in [1.82, 2.24) is 5.32 Å². The van der Waals surface area contributed by atoms with Gasteiger partial charge in [0.25, 0.3) is 0 Å². The molecular weight excluding hydrogens is 252 g/mol. The smallest absolute Gasteiger partial charge is 0.351 e. The molecule has 0 atom stereocenters. The van der Waals surface area contributed by atoms with E-state index < -0.39 is 11.9 Å². The number of nitrogens with one attached hydrogen (secondary N) is 1. The van der Waals surface area contributed by atoms with Gasteiger partial charge < -0.3 is 10.1 Å². The zero-order valence-electron chi connectivity index (χ0n) is 8.87. The van der Waals surface area contributed by atoms with E-state index in [1.807, 2.05) is 0 Å². The fourth-order valence-corrected chi connectivity index (χ4v) is 1.38. The van der Waals surface area contributed by atoms with Gasteiger partial charge in [-0.25, -0.2) is 4.79 Å². The molecule has 1 amide bonds. The number of amides is 1. The van der Waals surface area contributed by atoms with Crippen LogP contribution in [0.2, 0.25) is 0 Å². The highest BCUT2D eigenvalue weighted by atomic mass is 35.5. The van der Waals surface area contributed by atoms with Crippen LogP contribution < -0.4 is 5.32 Å². The summed E-state index contributed by atoms with van der Waals surface area (Å²) in [7, 11) is 0. The van der Waals surface area contributed by atoms with E-state index in [4.69, 9.17) is 16.9 Å². The van der Waals surface area contributed by atoms with Crippen LogP contribution in [0, 0.1) is 11.3 Å². The molecule has 0 aliphatic rings. The third-order valence-corrected chi connectivity index (χ3v) is 2.35. The lowest BCUT2D eigenvalue weighted by Crippen LogP contribution is -2.25. The molecule has 0 saturated carbocycles. The molecule has 0 radical (unpaired) electrons. The van der Waals surface area contributed by atoms with E-state index in [0.717, 1.165) is 11.8 Å². The number of hydrogen-bond donors (Lipinski definition) is 1. The van der Waals surface area contributed by atoms with Gasteiger partial charge in [-0.1, -0.05) is 0 Å². The van der Waals surface area contributed by atoms with Gasteiger partial charge >= 0.3 is 5.97 Å². The van der Waals surface area contributed by atoms with Crippen molar-refractivity contribution in [3.63, 3.8) is 0 Å². The molecule has 0 spiro atoms. The number of rotatable bonds is 5. The molecule has 0 bridgehead atoms. The highest BCUT2D eigenvalue weighted by molar-refractivity contribution is 8.02. The van der Waals surface area contributed by atoms with Crippen LogP contribution in [-0.4, -0.2) is 30.6 Å². The maximum Gasteiger partial charge on any atom is 0.351 e. The first-order chi connectivity index (χ1) is 7.60. The molecule has 0 aromatic carbocycles. The average Bonchev–Trinajstić information content (AvgIpc) is 2.28. The Morgan fingerprint density at radius 2 is 2.19 bits per heavy atom. The van der Waals surface area contributed by atoms with Gasteiger partial charge in [0.15, 0.2) is 5.57 Å².